The summed E-state index contributed by atoms with van der Waals surface area (Å²) in [5.41, 5.74) is 2.01. The van der Waals surface area contributed by atoms with Crippen LogP contribution in [-0.4, -0.2) is 47.4 Å². The highest BCUT2D eigenvalue weighted by molar-refractivity contribution is 5.88. The molecule has 3 rings (SSSR count). The predicted molar refractivity (Wildman–Crippen MR) is 106 cm³/mol. The Morgan fingerprint density at radius 3 is 2.82 bits per heavy atom. The molecule has 0 unspecified atom stereocenters. The zero-order valence-electron chi connectivity index (χ0n) is 16.1. The molecule has 2 N–H and O–H groups in total. The molecule has 1 saturated heterocycles. The number of carbonyl (C=O) groups excluding carboxylic acids is 2. The second kappa shape index (κ2) is 9.85. The van der Waals surface area contributed by atoms with Crippen LogP contribution in [0.15, 0.2) is 48.8 Å². The summed E-state index contributed by atoms with van der Waals surface area (Å²) in [5.74, 6) is 0.574. The van der Waals surface area contributed by atoms with Crippen molar-refractivity contribution in [3.8, 4) is 5.75 Å². The molecule has 2 amide bonds. The van der Waals surface area contributed by atoms with Gasteiger partial charge in [0.25, 0.3) is 0 Å². The largest absolute Gasteiger partial charge is 0.494 e. The van der Waals surface area contributed by atoms with Gasteiger partial charge in [-0.15, -0.1) is 0 Å². The Bertz CT molecular complexity index is 780. The molecule has 2 aromatic rings. The predicted octanol–water partition coefficient (Wildman–Crippen LogP) is 1.49. The van der Waals surface area contributed by atoms with Gasteiger partial charge < -0.3 is 15.4 Å². The van der Waals surface area contributed by atoms with Crippen molar-refractivity contribution >= 4 is 11.8 Å². The molecular formula is C21H26N4O3. The first-order valence-electron chi connectivity index (χ1n) is 9.55. The van der Waals surface area contributed by atoms with Gasteiger partial charge in [0.15, 0.2) is 0 Å². The number of pyridine rings is 1. The van der Waals surface area contributed by atoms with Gasteiger partial charge in [-0.2, -0.15) is 0 Å². The standard InChI is InChI=1S/C21H26N4O3/c1-2-28-18-7-5-16(6-8-18)15-25-11-10-23-21(27)19(25)12-20(26)24-14-17-4-3-9-22-13-17/h3-9,13,19H,2,10-12,14-15H2,1H3,(H,23,27)(H,24,26)/t19-/m0/s1. The van der Waals surface area contributed by atoms with Crippen LogP contribution in [0.2, 0.25) is 0 Å². The smallest absolute Gasteiger partial charge is 0.237 e. The molecule has 0 saturated carbocycles. The molecule has 1 aliphatic rings. The van der Waals surface area contributed by atoms with Crippen LogP contribution >= 0.6 is 0 Å². The van der Waals surface area contributed by atoms with Crippen molar-refractivity contribution in [1.82, 2.24) is 20.5 Å². The molecule has 2 heterocycles. The number of hydrogen-bond donors (Lipinski definition) is 2. The van der Waals surface area contributed by atoms with Crippen LogP contribution in [0.25, 0.3) is 0 Å². The molecule has 1 atom stereocenters. The third-order valence-corrected chi connectivity index (χ3v) is 4.65. The first-order valence-corrected chi connectivity index (χ1v) is 9.55. The second-order valence-electron chi connectivity index (χ2n) is 6.70. The lowest BCUT2D eigenvalue weighted by Gasteiger charge is -2.34. The van der Waals surface area contributed by atoms with Gasteiger partial charge in [0.05, 0.1) is 19.1 Å². The van der Waals surface area contributed by atoms with E-state index >= 15 is 0 Å². The number of piperazine rings is 1. The Morgan fingerprint density at radius 1 is 1.29 bits per heavy atom. The van der Waals surface area contributed by atoms with Crippen LogP contribution in [0.1, 0.15) is 24.5 Å². The summed E-state index contributed by atoms with van der Waals surface area (Å²) >= 11 is 0. The average molecular weight is 382 g/mol. The van der Waals surface area contributed by atoms with E-state index in [0.717, 1.165) is 16.9 Å². The monoisotopic (exact) mass is 382 g/mol. The van der Waals surface area contributed by atoms with Crippen molar-refractivity contribution in [2.45, 2.75) is 32.5 Å². The maximum atomic E-state index is 12.4. The van der Waals surface area contributed by atoms with E-state index in [9.17, 15) is 9.59 Å². The Hall–Kier alpha value is -2.93. The van der Waals surface area contributed by atoms with E-state index in [2.05, 4.69) is 20.5 Å². The zero-order valence-corrected chi connectivity index (χ0v) is 16.1. The Balaban J connectivity index is 1.58. The fraction of sp³-hybridized carbons (Fsp3) is 0.381. The molecule has 0 aliphatic carbocycles. The van der Waals surface area contributed by atoms with Crippen LogP contribution in [0, 0.1) is 0 Å². The summed E-state index contributed by atoms with van der Waals surface area (Å²) in [6.07, 6.45) is 3.53. The molecule has 1 aliphatic heterocycles. The number of benzene rings is 1. The minimum Gasteiger partial charge on any atom is -0.494 e. The first-order chi connectivity index (χ1) is 13.7. The van der Waals surface area contributed by atoms with Gasteiger partial charge in [-0.3, -0.25) is 19.5 Å². The Kier molecular flexibility index (Phi) is 6.97. The molecule has 7 heteroatoms. The van der Waals surface area contributed by atoms with Crippen molar-refractivity contribution in [3.05, 3.63) is 59.9 Å². The fourth-order valence-electron chi connectivity index (χ4n) is 3.22. The third kappa shape index (κ3) is 5.53. The lowest BCUT2D eigenvalue weighted by atomic mass is 10.1. The molecule has 28 heavy (non-hydrogen) atoms. The van der Waals surface area contributed by atoms with Crippen LogP contribution < -0.4 is 15.4 Å². The summed E-state index contributed by atoms with van der Waals surface area (Å²) in [7, 11) is 0. The number of nitrogens with one attached hydrogen (secondary N) is 2. The number of nitrogens with zero attached hydrogens (tertiary/aromatic N) is 2. The lowest BCUT2D eigenvalue weighted by molar-refractivity contribution is -0.134. The number of carbonyl (C=O) groups is 2. The van der Waals surface area contributed by atoms with E-state index in [-0.39, 0.29) is 18.2 Å². The van der Waals surface area contributed by atoms with Gasteiger partial charge in [0, 0.05) is 38.6 Å². The highest BCUT2D eigenvalue weighted by Gasteiger charge is 2.31. The molecule has 0 bridgehead atoms. The number of aromatic nitrogens is 1. The Morgan fingerprint density at radius 2 is 2.11 bits per heavy atom. The van der Waals surface area contributed by atoms with Crippen LogP contribution in [-0.2, 0) is 22.7 Å². The van der Waals surface area contributed by atoms with E-state index in [4.69, 9.17) is 4.74 Å². The molecule has 0 radical (unpaired) electrons. The first kappa shape index (κ1) is 19.8. The molecule has 1 aromatic carbocycles. The van der Waals surface area contributed by atoms with Crippen LogP contribution in [0.5, 0.6) is 5.75 Å². The molecule has 1 aromatic heterocycles. The van der Waals surface area contributed by atoms with Gasteiger partial charge in [-0.05, 0) is 36.2 Å². The summed E-state index contributed by atoms with van der Waals surface area (Å²) in [4.78, 5) is 30.9. The van der Waals surface area contributed by atoms with Gasteiger partial charge in [0.2, 0.25) is 11.8 Å². The lowest BCUT2D eigenvalue weighted by Crippen LogP contribution is -2.56. The summed E-state index contributed by atoms with van der Waals surface area (Å²) < 4.78 is 5.47. The van der Waals surface area contributed by atoms with Gasteiger partial charge in [0.1, 0.15) is 5.75 Å². The van der Waals surface area contributed by atoms with E-state index in [1.54, 1.807) is 12.4 Å². The van der Waals surface area contributed by atoms with Crippen molar-refractivity contribution in [2.24, 2.45) is 0 Å². The van der Waals surface area contributed by atoms with Crippen molar-refractivity contribution in [2.75, 3.05) is 19.7 Å². The number of hydrogen-bond acceptors (Lipinski definition) is 5. The topological polar surface area (TPSA) is 83.6 Å². The van der Waals surface area contributed by atoms with Crippen molar-refractivity contribution in [3.63, 3.8) is 0 Å². The zero-order chi connectivity index (χ0) is 19.8. The Labute approximate surface area is 165 Å². The summed E-state index contributed by atoms with van der Waals surface area (Å²) in [6, 6.07) is 11.1. The fourth-order valence-corrected chi connectivity index (χ4v) is 3.22. The van der Waals surface area contributed by atoms with Crippen LogP contribution in [0.4, 0.5) is 0 Å². The molecular weight excluding hydrogens is 356 g/mol. The number of ether oxygens (including phenoxy) is 1. The molecule has 7 nitrogen and oxygen atoms in total. The van der Waals surface area contributed by atoms with Crippen molar-refractivity contribution in [1.29, 1.82) is 0 Å². The van der Waals surface area contributed by atoms with E-state index in [0.29, 0.717) is 32.8 Å². The van der Waals surface area contributed by atoms with E-state index < -0.39 is 6.04 Å². The molecule has 1 fully saturated rings. The van der Waals surface area contributed by atoms with Gasteiger partial charge in [-0.1, -0.05) is 18.2 Å². The van der Waals surface area contributed by atoms with Crippen molar-refractivity contribution < 1.29 is 14.3 Å². The van der Waals surface area contributed by atoms with Gasteiger partial charge >= 0.3 is 0 Å². The second-order valence-corrected chi connectivity index (χ2v) is 6.70. The summed E-state index contributed by atoms with van der Waals surface area (Å²) in [5, 5.41) is 5.73. The average Bonchev–Trinajstić information content (AvgIpc) is 2.71. The van der Waals surface area contributed by atoms with Gasteiger partial charge in [-0.25, -0.2) is 0 Å². The SMILES string of the molecule is CCOc1ccc(CN2CCNC(=O)[C@@H]2CC(=O)NCc2cccnc2)cc1. The normalized spacial score (nSPS) is 17.0. The summed E-state index contributed by atoms with van der Waals surface area (Å²) in [6.45, 7) is 4.88. The third-order valence-electron chi connectivity index (χ3n) is 4.65. The molecule has 0 spiro atoms. The maximum Gasteiger partial charge on any atom is 0.237 e. The number of amides is 2. The minimum atomic E-state index is -0.478. The molecule has 148 valence electrons. The quantitative estimate of drug-likeness (QED) is 0.723. The number of rotatable bonds is 8. The maximum absolute atomic E-state index is 12.4. The highest BCUT2D eigenvalue weighted by Crippen LogP contribution is 2.17. The van der Waals surface area contributed by atoms with E-state index in [1.807, 2.05) is 43.3 Å². The van der Waals surface area contributed by atoms with Crippen LogP contribution in [0.3, 0.4) is 0 Å². The van der Waals surface area contributed by atoms with E-state index in [1.165, 1.54) is 0 Å². The highest BCUT2D eigenvalue weighted by atomic mass is 16.5. The minimum absolute atomic E-state index is 0.103.